The second-order valence-corrected chi connectivity index (χ2v) is 5.81. The number of para-hydroxylation sites is 1. The molecule has 0 saturated carbocycles. The molecule has 0 atom stereocenters. The van der Waals surface area contributed by atoms with Crippen molar-refractivity contribution in [2.75, 3.05) is 32.1 Å². The van der Waals surface area contributed by atoms with Gasteiger partial charge in [-0.15, -0.1) is 0 Å². The van der Waals surface area contributed by atoms with E-state index in [4.69, 9.17) is 9.47 Å². The highest BCUT2D eigenvalue weighted by atomic mass is 16.7. The van der Waals surface area contributed by atoms with Crippen LogP contribution in [0.5, 0.6) is 0 Å². The van der Waals surface area contributed by atoms with Crippen LogP contribution in [0.2, 0.25) is 0 Å². The summed E-state index contributed by atoms with van der Waals surface area (Å²) in [6, 6.07) is 17.5. The molecule has 140 valence electrons. The van der Waals surface area contributed by atoms with Gasteiger partial charge in [-0.1, -0.05) is 42.5 Å². The molecule has 0 aliphatic rings. The Labute approximate surface area is 155 Å². The van der Waals surface area contributed by atoms with Gasteiger partial charge in [0, 0.05) is 32.5 Å². The molecule has 0 aliphatic heterocycles. The third-order valence-corrected chi connectivity index (χ3v) is 4.00. The number of amides is 1. The van der Waals surface area contributed by atoms with Crippen molar-refractivity contribution in [3.63, 3.8) is 0 Å². The van der Waals surface area contributed by atoms with Crippen molar-refractivity contribution in [1.82, 2.24) is 4.90 Å². The Kier molecular flexibility index (Phi) is 8.12. The lowest BCUT2D eigenvalue weighted by atomic mass is 10.1. The van der Waals surface area contributed by atoms with E-state index in [1.165, 1.54) is 0 Å². The molecule has 26 heavy (non-hydrogen) atoms. The van der Waals surface area contributed by atoms with E-state index in [9.17, 15) is 4.79 Å². The zero-order valence-electron chi connectivity index (χ0n) is 15.8. The van der Waals surface area contributed by atoms with Gasteiger partial charge in [0.2, 0.25) is 0 Å². The summed E-state index contributed by atoms with van der Waals surface area (Å²) >= 11 is 0. The molecule has 0 bridgehead atoms. The maximum absolute atomic E-state index is 13.2. The molecule has 0 fully saturated rings. The van der Waals surface area contributed by atoms with Crippen LogP contribution in [0.4, 0.5) is 5.69 Å². The molecule has 0 aromatic heterocycles. The Hall–Kier alpha value is -2.37. The fourth-order valence-corrected chi connectivity index (χ4v) is 2.79. The average molecular weight is 356 g/mol. The largest absolute Gasteiger partial charge is 0.387 e. The first-order chi connectivity index (χ1) is 12.7. The van der Waals surface area contributed by atoms with Crippen molar-refractivity contribution in [2.45, 2.75) is 26.7 Å². The highest BCUT2D eigenvalue weighted by Crippen LogP contribution is 2.19. The number of nitrogens with zero attached hydrogens (tertiary/aromatic N) is 1. The zero-order chi connectivity index (χ0) is 18.8. The van der Waals surface area contributed by atoms with Gasteiger partial charge < -0.3 is 19.7 Å². The molecular formula is C21H28N2O3. The summed E-state index contributed by atoms with van der Waals surface area (Å²) in [5.74, 6) is -0.0526. The van der Waals surface area contributed by atoms with Crippen molar-refractivity contribution >= 4 is 11.6 Å². The van der Waals surface area contributed by atoms with Gasteiger partial charge in [0.05, 0.1) is 12.1 Å². The number of rotatable bonds is 10. The van der Waals surface area contributed by atoms with E-state index in [0.717, 1.165) is 11.3 Å². The molecule has 1 N–H and O–H groups in total. The van der Waals surface area contributed by atoms with Crippen LogP contribution in [-0.2, 0) is 16.0 Å². The van der Waals surface area contributed by atoms with E-state index in [1.807, 2.05) is 75.5 Å². The third kappa shape index (κ3) is 5.58. The highest BCUT2D eigenvalue weighted by Gasteiger charge is 2.23. The first-order valence-electron chi connectivity index (χ1n) is 9.02. The van der Waals surface area contributed by atoms with Crippen LogP contribution < -0.4 is 5.32 Å². The van der Waals surface area contributed by atoms with Crippen LogP contribution in [0.25, 0.3) is 0 Å². The van der Waals surface area contributed by atoms with E-state index in [1.54, 1.807) is 4.90 Å². The highest BCUT2D eigenvalue weighted by molar-refractivity contribution is 5.99. The summed E-state index contributed by atoms with van der Waals surface area (Å²) < 4.78 is 11.3. The van der Waals surface area contributed by atoms with Gasteiger partial charge in [0.25, 0.3) is 5.91 Å². The summed E-state index contributed by atoms with van der Waals surface area (Å²) in [5.41, 5.74) is 2.51. The molecular weight excluding hydrogens is 328 g/mol. The van der Waals surface area contributed by atoms with Gasteiger partial charge in [-0.3, -0.25) is 4.79 Å². The molecule has 1 amide bonds. The number of carbonyl (C=O) groups is 1. The molecule has 2 aromatic carbocycles. The second kappa shape index (κ2) is 10.6. The number of anilines is 1. The van der Waals surface area contributed by atoms with Crippen molar-refractivity contribution in [3.8, 4) is 0 Å². The normalized spacial score (nSPS) is 10.8. The monoisotopic (exact) mass is 356 g/mol. The lowest BCUT2D eigenvalue weighted by molar-refractivity contribution is -0.144. The summed E-state index contributed by atoms with van der Waals surface area (Å²) in [4.78, 5) is 15.0. The predicted octanol–water partition coefficient (Wildman–Crippen LogP) is 3.77. The molecule has 0 radical (unpaired) electrons. The van der Waals surface area contributed by atoms with Gasteiger partial charge in [-0.25, -0.2) is 0 Å². The fraction of sp³-hybridized carbons (Fsp3) is 0.381. The number of hydrogen-bond acceptors (Lipinski definition) is 4. The van der Waals surface area contributed by atoms with Crippen LogP contribution in [0, 0.1) is 0 Å². The molecule has 2 rings (SSSR count). The van der Waals surface area contributed by atoms with Gasteiger partial charge in [-0.2, -0.15) is 0 Å². The summed E-state index contributed by atoms with van der Waals surface area (Å²) in [6.45, 7) is 5.77. The van der Waals surface area contributed by atoms with Crippen LogP contribution in [0.3, 0.4) is 0 Å². The Balaban J connectivity index is 2.27. The van der Waals surface area contributed by atoms with Crippen LogP contribution >= 0.6 is 0 Å². The molecule has 0 saturated heterocycles. The van der Waals surface area contributed by atoms with Crippen LogP contribution in [0.1, 0.15) is 29.8 Å². The van der Waals surface area contributed by atoms with E-state index in [2.05, 4.69) is 5.32 Å². The SMILES string of the molecule is CCOC(CN(Cc1ccccc1)C(=O)c1ccccc1NC)OCC. The van der Waals surface area contributed by atoms with Gasteiger partial charge in [0.15, 0.2) is 6.29 Å². The third-order valence-electron chi connectivity index (χ3n) is 4.00. The van der Waals surface area contributed by atoms with Crippen molar-refractivity contribution in [1.29, 1.82) is 0 Å². The van der Waals surface area contributed by atoms with Crippen molar-refractivity contribution in [2.24, 2.45) is 0 Å². The average Bonchev–Trinajstić information content (AvgIpc) is 2.68. The van der Waals surface area contributed by atoms with Crippen LogP contribution in [0.15, 0.2) is 54.6 Å². The maximum atomic E-state index is 13.2. The van der Waals surface area contributed by atoms with Gasteiger partial charge in [0.1, 0.15) is 0 Å². The van der Waals surface area contributed by atoms with Gasteiger partial charge >= 0.3 is 0 Å². The second-order valence-electron chi connectivity index (χ2n) is 5.81. The number of nitrogens with one attached hydrogen (secondary N) is 1. The standard InChI is InChI=1S/C21H28N2O3/c1-4-25-20(26-5-2)16-23(15-17-11-7-6-8-12-17)21(24)18-13-9-10-14-19(18)22-3/h6-14,20,22H,4-5,15-16H2,1-3H3. The van der Waals surface area contributed by atoms with E-state index in [-0.39, 0.29) is 5.91 Å². The smallest absolute Gasteiger partial charge is 0.256 e. The lowest BCUT2D eigenvalue weighted by Crippen LogP contribution is -2.39. The minimum absolute atomic E-state index is 0.0526. The number of ether oxygens (including phenoxy) is 2. The summed E-state index contributed by atoms with van der Waals surface area (Å²) in [6.07, 6.45) is -0.445. The lowest BCUT2D eigenvalue weighted by Gasteiger charge is -2.28. The number of hydrogen-bond donors (Lipinski definition) is 1. The fourth-order valence-electron chi connectivity index (χ4n) is 2.79. The minimum atomic E-state index is -0.445. The molecule has 0 spiro atoms. The molecule has 5 heteroatoms. The Morgan fingerprint density at radius 3 is 2.23 bits per heavy atom. The number of benzene rings is 2. The van der Waals surface area contributed by atoms with Crippen LogP contribution in [-0.4, -0.2) is 43.9 Å². The summed E-state index contributed by atoms with van der Waals surface area (Å²) in [5, 5.41) is 3.09. The van der Waals surface area contributed by atoms with Crippen molar-refractivity contribution in [3.05, 3.63) is 65.7 Å². The quantitative estimate of drug-likeness (QED) is 0.659. The van der Waals surface area contributed by atoms with E-state index in [0.29, 0.717) is 31.9 Å². The van der Waals surface area contributed by atoms with Gasteiger partial charge in [-0.05, 0) is 31.5 Å². The molecule has 0 unspecified atom stereocenters. The molecule has 2 aromatic rings. The number of carbonyl (C=O) groups excluding carboxylic acids is 1. The minimum Gasteiger partial charge on any atom is -0.387 e. The Bertz CT molecular complexity index is 670. The van der Waals surface area contributed by atoms with E-state index < -0.39 is 6.29 Å². The predicted molar refractivity (Wildman–Crippen MR) is 104 cm³/mol. The van der Waals surface area contributed by atoms with Crippen molar-refractivity contribution < 1.29 is 14.3 Å². The first kappa shape index (κ1) is 19.9. The molecule has 0 heterocycles. The maximum Gasteiger partial charge on any atom is 0.256 e. The summed E-state index contributed by atoms with van der Waals surface area (Å²) in [7, 11) is 1.82. The topological polar surface area (TPSA) is 50.8 Å². The molecule has 5 nitrogen and oxygen atoms in total. The van der Waals surface area contributed by atoms with E-state index >= 15 is 0 Å². The Morgan fingerprint density at radius 1 is 1.00 bits per heavy atom. The first-order valence-corrected chi connectivity index (χ1v) is 9.02. The zero-order valence-corrected chi connectivity index (χ0v) is 15.8. The Morgan fingerprint density at radius 2 is 1.62 bits per heavy atom. The molecule has 0 aliphatic carbocycles.